The number of carbonyl (C=O) groups is 3. The fourth-order valence-corrected chi connectivity index (χ4v) is 4.31. The van der Waals surface area contributed by atoms with Gasteiger partial charge in [0, 0.05) is 36.8 Å². The maximum absolute atomic E-state index is 13.2. The molecule has 0 spiro atoms. The van der Waals surface area contributed by atoms with Crippen molar-refractivity contribution in [3.8, 4) is 0 Å². The van der Waals surface area contributed by atoms with Crippen molar-refractivity contribution >= 4 is 23.5 Å². The molecule has 2 saturated heterocycles. The summed E-state index contributed by atoms with van der Waals surface area (Å²) in [6, 6.07) is 6.84. The van der Waals surface area contributed by atoms with Crippen LogP contribution in [0.25, 0.3) is 0 Å². The third kappa shape index (κ3) is 3.37. The van der Waals surface area contributed by atoms with E-state index in [2.05, 4.69) is 5.32 Å². The van der Waals surface area contributed by atoms with E-state index in [0.29, 0.717) is 50.3 Å². The molecule has 1 saturated carbocycles. The second kappa shape index (κ2) is 7.19. The van der Waals surface area contributed by atoms with Gasteiger partial charge < -0.3 is 20.7 Å². The molecule has 8 heteroatoms. The summed E-state index contributed by atoms with van der Waals surface area (Å²) in [6.07, 6.45) is 1.93. The highest BCUT2D eigenvalue weighted by atomic mass is 16.5. The molecule has 0 bridgehead atoms. The summed E-state index contributed by atoms with van der Waals surface area (Å²) in [5, 5.41) is 2.76. The number of nitrogens with one attached hydrogen (secondary N) is 1. The van der Waals surface area contributed by atoms with Crippen molar-refractivity contribution in [2.45, 2.75) is 31.4 Å². The number of nitrogens with two attached hydrogens (primary N) is 1. The minimum Gasteiger partial charge on any atom is -0.374 e. The van der Waals surface area contributed by atoms with E-state index >= 15 is 0 Å². The van der Waals surface area contributed by atoms with E-state index in [1.165, 1.54) is 0 Å². The fraction of sp³-hybridized carbons (Fsp3) is 0.526. The number of anilines is 1. The molecular formula is C19H24N4O4. The topological polar surface area (TPSA) is 105 Å². The Hall–Kier alpha value is -2.61. The summed E-state index contributed by atoms with van der Waals surface area (Å²) in [6.45, 7) is 2.15. The zero-order valence-corrected chi connectivity index (χ0v) is 15.1. The maximum atomic E-state index is 13.2. The molecule has 1 aliphatic carbocycles. The Balaban J connectivity index is 1.56. The molecule has 4 amide bonds. The Morgan fingerprint density at radius 2 is 2.07 bits per heavy atom. The minimum absolute atomic E-state index is 0.0501. The quantitative estimate of drug-likeness (QED) is 0.815. The summed E-state index contributed by atoms with van der Waals surface area (Å²) in [4.78, 5) is 40.2. The highest BCUT2D eigenvalue weighted by Gasteiger charge is 2.41. The van der Waals surface area contributed by atoms with Gasteiger partial charge in [-0.1, -0.05) is 6.07 Å². The maximum Gasteiger partial charge on any atom is 0.321 e. The monoisotopic (exact) mass is 372 g/mol. The first-order valence-electron chi connectivity index (χ1n) is 9.42. The zero-order valence-electron chi connectivity index (χ0n) is 15.1. The van der Waals surface area contributed by atoms with E-state index in [1.54, 1.807) is 23.1 Å². The minimum atomic E-state index is -0.312. The number of ether oxygens (including phenoxy) is 1. The molecule has 0 aromatic heterocycles. The molecule has 27 heavy (non-hydrogen) atoms. The van der Waals surface area contributed by atoms with E-state index < -0.39 is 0 Å². The molecule has 0 radical (unpaired) electrons. The molecule has 0 unspecified atom stereocenters. The van der Waals surface area contributed by atoms with Gasteiger partial charge in [0.05, 0.1) is 18.8 Å². The van der Waals surface area contributed by atoms with Gasteiger partial charge in [0.25, 0.3) is 5.91 Å². The van der Waals surface area contributed by atoms with Gasteiger partial charge in [-0.25, -0.2) is 4.79 Å². The molecule has 2 heterocycles. The first kappa shape index (κ1) is 17.8. The second-order valence-corrected chi connectivity index (χ2v) is 7.32. The lowest BCUT2D eigenvalue weighted by Gasteiger charge is -2.45. The average Bonchev–Trinajstić information content (AvgIpc) is 3.12. The predicted octanol–water partition coefficient (Wildman–Crippen LogP) is 0.711. The van der Waals surface area contributed by atoms with Gasteiger partial charge in [-0.05, 0) is 37.5 Å². The van der Waals surface area contributed by atoms with Gasteiger partial charge in [0.2, 0.25) is 5.91 Å². The third-order valence-corrected chi connectivity index (χ3v) is 5.74. The number of benzene rings is 1. The lowest BCUT2D eigenvalue weighted by molar-refractivity contribution is -0.128. The van der Waals surface area contributed by atoms with Gasteiger partial charge >= 0.3 is 6.03 Å². The molecule has 3 N–H and O–H groups in total. The van der Waals surface area contributed by atoms with Crippen LogP contribution in [0, 0.1) is 5.92 Å². The van der Waals surface area contributed by atoms with Crippen LogP contribution in [0.15, 0.2) is 24.3 Å². The molecule has 8 nitrogen and oxygen atoms in total. The van der Waals surface area contributed by atoms with E-state index in [0.717, 1.165) is 6.42 Å². The van der Waals surface area contributed by atoms with Crippen LogP contribution in [0.5, 0.6) is 0 Å². The summed E-state index contributed by atoms with van der Waals surface area (Å²) in [5.74, 6) is -0.628. The molecular weight excluding hydrogens is 348 g/mol. The summed E-state index contributed by atoms with van der Waals surface area (Å²) < 4.78 is 5.84. The predicted molar refractivity (Wildman–Crippen MR) is 98.3 cm³/mol. The average molecular weight is 372 g/mol. The molecule has 1 aromatic rings. The molecule has 3 fully saturated rings. The highest BCUT2D eigenvalue weighted by molar-refractivity contribution is 5.98. The lowest BCUT2D eigenvalue weighted by Crippen LogP contribution is -2.57. The smallest absolute Gasteiger partial charge is 0.321 e. The van der Waals surface area contributed by atoms with Crippen molar-refractivity contribution in [3.05, 3.63) is 29.8 Å². The van der Waals surface area contributed by atoms with Crippen LogP contribution >= 0.6 is 0 Å². The van der Waals surface area contributed by atoms with Crippen LogP contribution in [0.4, 0.5) is 10.5 Å². The third-order valence-electron chi connectivity index (χ3n) is 5.74. The van der Waals surface area contributed by atoms with Crippen molar-refractivity contribution in [3.63, 3.8) is 0 Å². The van der Waals surface area contributed by atoms with E-state index in [4.69, 9.17) is 10.5 Å². The summed E-state index contributed by atoms with van der Waals surface area (Å²) >= 11 is 0. The first-order chi connectivity index (χ1) is 13.0. The summed E-state index contributed by atoms with van der Waals surface area (Å²) in [5.41, 5.74) is 6.74. The van der Waals surface area contributed by atoms with Gasteiger partial charge in [-0.3, -0.25) is 14.5 Å². The molecule has 4 rings (SSSR count). The number of hydrogen-bond acceptors (Lipinski definition) is 4. The number of primary amides is 1. The first-order valence-corrected chi connectivity index (χ1v) is 9.42. The van der Waals surface area contributed by atoms with E-state index in [9.17, 15) is 14.4 Å². The van der Waals surface area contributed by atoms with Gasteiger partial charge in [0.15, 0.2) is 0 Å². The highest BCUT2D eigenvalue weighted by Crippen LogP contribution is 2.33. The SMILES string of the molecule is NC(=O)[C@H]1CC[C@H]2OCCN(C(=O)c3cccc(N4CCNC4=O)c3)[C@@H]2C1. The van der Waals surface area contributed by atoms with E-state index in [-0.39, 0.29) is 35.9 Å². The molecule has 2 aliphatic heterocycles. The standard InChI is InChI=1S/C19H24N4O4/c20-17(24)12-4-5-16-15(11-12)23(8-9-27-16)18(25)13-2-1-3-14(10-13)22-7-6-21-19(22)26/h1-3,10,12,15-16H,4-9,11H2,(H2,20,24)(H,21,26)/t12-,15+,16+/m0/s1. The lowest BCUT2D eigenvalue weighted by atomic mass is 9.81. The molecule has 3 aliphatic rings. The van der Waals surface area contributed by atoms with Crippen molar-refractivity contribution < 1.29 is 19.1 Å². The zero-order chi connectivity index (χ0) is 19.0. The molecule has 144 valence electrons. The Morgan fingerprint density at radius 1 is 1.22 bits per heavy atom. The number of amides is 4. The van der Waals surface area contributed by atoms with Crippen LogP contribution in [0.1, 0.15) is 29.6 Å². The van der Waals surface area contributed by atoms with Crippen LogP contribution in [-0.2, 0) is 9.53 Å². The summed E-state index contributed by atoms with van der Waals surface area (Å²) in [7, 11) is 0. The second-order valence-electron chi connectivity index (χ2n) is 7.32. The largest absolute Gasteiger partial charge is 0.374 e. The number of fused-ring (bicyclic) bond motifs is 1. The van der Waals surface area contributed by atoms with Crippen molar-refractivity contribution in [1.82, 2.24) is 10.2 Å². The van der Waals surface area contributed by atoms with Crippen LogP contribution in [0.2, 0.25) is 0 Å². The number of hydrogen-bond donors (Lipinski definition) is 2. The van der Waals surface area contributed by atoms with E-state index in [1.807, 2.05) is 11.0 Å². The fourth-order valence-electron chi connectivity index (χ4n) is 4.31. The Kier molecular flexibility index (Phi) is 4.73. The van der Waals surface area contributed by atoms with Crippen molar-refractivity contribution in [1.29, 1.82) is 0 Å². The number of rotatable bonds is 3. The molecule has 1 aromatic carbocycles. The van der Waals surface area contributed by atoms with Crippen LogP contribution in [0.3, 0.4) is 0 Å². The van der Waals surface area contributed by atoms with Gasteiger partial charge in [-0.2, -0.15) is 0 Å². The van der Waals surface area contributed by atoms with Crippen LogP contribution < -0.4 is 16.0 Å². The van der Waals surface area contributed by atoms with Gasteiger partial charge in [0.1, 0.15) is 0 Å². The number of urea groups is 1. The normalized spacial score (nSPS) is 27.9. The number of carbonyl (C=O) groups excluding carboxylic acids is 3. The number of morpholine rings is 1. The molecule has 3 atom stereocenters. The Morgan fingerprint density at radius 3 is 2.81 bits per heavy atom. The Labute approximate surface area is 157 Å². The Bertz CT molecular complexity index is 768. The van der Waals surface area contributed by atoms with Gasteiger partial charge in [-0.15, -0.1) is 0 Å². The number of nitrogens with zero attached hydrogens (tertiary/aromatic N) is 2. The van der Waals surface area contributed by atoms with Crippen molar-refractivity contribution in [2.24, 2.45) is 11.7 Å². The van der Waals surface area contributed by atoms with Crippen molar-refractivity contribution in [2.75, 3.05) is 31.1 Å². The van der Waals surface area contributed by atoms with Crippen LogP contribution in [-0.4, -0.2) is 61.1 Å².